The molecule has 152 valence electrons. The Balaban J connectivity index is 1.50. The summed E-state index contributed by atoms with van der Waals surface area (Å²) in [4.78, 5) is 17.8. The second-order valence-electron chi connectivity index (χ2n) is 7.56. The molecule has 1 aliphatic carbocycles. The molecule has 2 N–H and O–H groups in total. The third kappa shape index (κ3) is 4.07. The molecule has 0 saturated heterocycles. The Morgan fingerprint density at radius 3 is 2.93 bits per heavy atom. The van der Waals surface area contributed by atoms with Crippen molar-refractivity contribution in [3.8, 4) is 0 Å². The van der Waals surface area contributed by atoms with Gasteiger partial charge in [0.2, 0.25) is 0 Å². The van der Waals surface area contributed by atoms with Gasteiger partial charge in [-0.1, -0.05) is 24.3 Å². The van der Waals surface area contributed by atoms with Crippen LogP contribution in [0.15, 0.2) is 48.7 Å². The number of benzene rings is 2. The number of fused-ring (bicyclic) bond motifs is 2. The van der Waals surface area contributed by atoms with E-state index in [1.165, 1.54) is 22.1 Å². The van der Waals surface area contributed by atoms with Gasteiger partial charge < -0.3 is 14.8 Å². The van der Waals surface area contributed by atoms with Crippen molar-refractivity contribution in [3.05, 3.63) is 70.9 Å². The lowest BCUT2D eigenvalue weighted by Gasteiger charge is -2.29. The maximum absolute atomic E-state index is 12.0. The number of carbonyl (C=O) groups is 1. The van der Waals surface area contributed by atoms with Gasteiger partial charge in [0.15, 0.2) is 0 Å². The monoisotopic (exact) mass is 392 g/mol. The normalized spacial score (nSPS) is 15.8. The van der Waals surface area contributed by atoms with Crippen molar-refractivity contribution in [3.63, 3.8) is 0 Å². The second-order valence-corrected chi connectivity index (χ2v) is 7.56. The fourth-order valence-corrected chi connectivity index (χ4v) is 4.47. The highest BCUT2D eigenvalue weighted by atomic mass is 16.5. The van der Waals surface area contributed by atoms with Gasteiger partial charge in [0, 0.05) is 36.2 Å². The van der Waals surface area contributed by atoms with E-state index in [0.29, 0.717) is 18.7 Å². The molecule has 2 aromatic carbocycles. The average molecular weight is 392 g/mol. The molecule has 4 rings (SSSR count). The Labute approximate surface area is 171 Å². The SMILES string of the molecule is CCOC(=O)c1ccc2c(c1)CCC2N(CCO)CCc1c[nH]c2ccccc12. The molecule has 0 saturated carbocycles. The predicted molar refractivity (Wildman–Crippen MR) is 114 cm³/mol. The molecule has 29 heavy (non-hydrogen) atoms. The first-order valence-corrected chi connectivity index (χ1v) is 10.4. The summed E-state index contributed by atoms with van der Waals surface area (Å²) < 4.78 is 5.13. The van der Waals surface area contributed by atoms with E-state index in [1.807, 2.05) is 25.1 Å². The molecule has 0 amide bonds. The summed E-state index contributed by atoms with van der Waals surface area (Å²) in [5.41, 5.74) is 5.58. The Morgan fingerprint density at radius 1 is 1.24 bits per heavy atom. The van der Waals surface area contributed by atoms with Crippen LogP contribution in [0.2, 0.25) is 0 Å². The summed E-state index contributed by atoms with van der Waals surface area (Å²) in [7, 11) is 0. The molecular formula is C24H28N2O3. The van der Waals surface area contributed by atoms with E-state index < -0.39 is 0 Å². The van der Waals surface area contributed by atoms with Crippen LogP contribution in [0.3, 0.4) is 0 Å². The van der Waals surface area contributed by atoms with E-state index in [4.69, 9.17) is 4.74 Å². The number of nitrogens with one attached hydrogen (secondary N) is 1. The molecule has 1 aromatic heterocycles. The summed E-state index contributed by atoms with van der Waals surface area (Å²) in [6.45, 7) is 3.87. The van der Waals surface area contributed by atoms with E-state index in [-0.39, 0.29) is 18.6 Å². The number of hydrogen-bond acceptors (Lipinski definition) is 4. The minimum atomic E-state index is -0.259. The highest BCUT2D eigenvalue weighted by Gasteiger charge is 2.28. The molecule has 0 bridgehead atoms. The number of para-hydroxylation sites is 1. The van der Waals surface area contributed by atoms with Crippen molar-refractivity contribution < 1.29 is 14.6 Å². The number of hydrogen-bond donors (Lipinski definition) is 2. The number of rotatable bonds is 8. The predicted octanol–water partition coefficient (Wildman–Crippen LogP) is 3.87. The largest absolute Gasteiger partial charge is 0.462 e. The number of aromatic amines is 1. The number of aliphatic hydroxyl groups is 1. The Morgan fingerprint density at radius 2 is 2.10 bits per heavy atom. The first-order chi connectivity index (χ1) is 14.2. The summed E-state index contributed by atoms with van der Waals surface area (Å²) in [5, 5.41) is 10.9. The molecule has 1 atom stereocenters. The summed E-state index contributed by atoms with van der Waals surface area (Å²) in [6, 6.07) is 14.5. The van der Waals surface area contributed by atoms with Crippen molar-refractivity contribution >= 4 is 16.9 Å². The molecular weight excluding hydrogens is 364 g/mol. The third-order valence-electron chi connectivity index (χ3n) is 5.87. The fourth-order valence-electron chi connectivity index (χ4n) is 4.47. The molecule has 1 aliphatic rings. The zero-order valence-corrected chi connectivity index (χ0v) is 16.9. The van der Waals surface area contributed by atoms with E-state index in [1.54, 1.807) is 0 Å². The van der Waals surface area contributed by atoms with E-state index in [2.05, 4.69) is 40.3 Å². The van der Waals surface area contributed by atoms with Gasteiger partial charge in [-0.2, -0.15) is 0 Å². The van der Waals surface area contributed by atoms with Crippen molar-refractivity contribution in [2.45, 2.75) is 32.2 Å². The summed E-state index contributed by atoms with van der Waals surface area (Å²) in [5.74, 6) is -0.259. The van der Waals surface area contributed by atoms with Gasteiger partial charge in [-0.3, -0.25) is 4.90 Å². The van der Waals surface area contributed by atoms with Gasteiger partial charge in [-0.05, 0) is 61.1 Å². The van der Waals surface area contributed by atoms with Crippen LogP contribution in [-0.2, 0) is 17.6 Å². The Bertz CT molecular complexity index is 995. The summed E-state index contributed by atoms with van der Waals surface area (Å²) in [6.07, 6.45) is 4.98. The molecule has 0 fully saturated rings. The van der Waals surface area contributed by atoms with Crippen molar-refractivity contribution in [1.82, 2.24) is 9.88 Å². The van der Waals surface area contributed by atoms with Crippen LogP contribution in [-0.4, -0.2) is 47.3 Å². The molecule has 0 radical (unpaired) electrons. The molecule has 3 aromatic rings. The van der Waals surface area contributed by atoms with Crippen molar-refractivity contribution in [2.75, 3.05) is 26.3 Å². The highest BCUT2D eigenvalue weighted by Crippen LogP contribution is 2.36. The Hall–Kier alpha value is -2.63. The topological polar surface area (TPSA) is 65.6 Å². The number of aromatic nitrogens is 1. The number of nitrogens with zero attached hydrogens (tertiary/aromatic N) is 1. The van der Waals surface area contributed by atoms with Crippen LogP contribution in [0.25, 0.3) is 10.9 Å². The number of ether oxygens (including phenoxy) is 1. The number of H-pyrrole nitrogens is 1. The number of aryl methyl sites for hydroxylation is 1. The van der Waals surface area contributed by atoms with E-state index in [9.17, 15) is 9.90 Å². The van der Waals surface area contributed by atoms with Crippen LogP contribution in [0.4, 0.5) is 0 Å². The first-order valence-electron chi connectivity index (χ1n) is 10.4. The van der Waals surface area contributed by atoms with Gasteiger partial charge in [0.25, 0.3) is 0 Å². The molecule has 5 nitrogen and oxygen atoms in total. The highest BCUT2D eigenvalue weighted by molar-refractivity contribution is 5.89. The smallest absolute Gasteiger partial charge is 0.338 e. The second kappa shape index (κ2) is 8.80. The van der Waals surface area contributed by atoms with Gasteiger partial charge in [0.1, 0.15) is 0 Å². The Kier molecular flexibility index (Phi) is 5.97. The van der Waals surface area contributed by atoms with E-state index >= 15 is 0 Å². The van der Waals surface area contributed by atoms with Crippen molar-refractivity contribution in [1.29, 1.82) is 0 Å². The number of aliphatic hydroxyl groups excluding tert-OH is 1. The maximum Gasteiger partial charge on any atom is 0.338 e. The zero-order valence-electron chi connectivity index (χ0n) is 16.9. The lowest BCUT2D eigenvalue weighted by Crippen LogP contribution is -2.32. The first kappa shape index (κ1) is 19.7. The fraction of sp³-hybridized carbons (Fsp3) is 0.375. The lowest BCUT2D eigenvalue weighted by molar-refractivity contribution is 0.0526. The number of esters is 1. The van der Waals surface area contributed by atoms with Gasteiger partial charge in [0.05, 0.1) is 18.8 Å². The molecule has 1 unspecified atom stereocenters. The molecule has 5 heteroatoms. The average Bonchev–Trinajstić information content (AvgIpc) is 3.35. The lowest BCUT2D eigenvalue weighted by atomic mass is 10.0. The van der Waals surface area contributed by atoms with Gasteiger partial charge >= 0.3 is 5.97 Å². The third-order valence-corrected chi connectivity index (χ3v) is 5.87. The standard InChI is InChI=1S/C24H28N2O3/c1-2-29-24(28)18-7-9-21-17(15-18)8-10-23(21)26(13-14-27)12-11-19-16-25-22-6-4-3-5-20(19)22/h3-7,9,15-16,23,25,27H,2,8,10-14H2,1H3. The van der Waals surface area contributed by atoms with Crippen LogP contribution >= 0.6 is 0 Å². The van der Waals surface area contributed by atoms with Gasteiger partial charge in [-0.25, -0.2) is 4.79 Å². The van der Waals surface area contributed by atoms with E-state index in [0.717, 1.165) is 31.3 Å². The number of carbonyl (C=O) groups excluding carboxylic acids is 1. The quantitative estimate of drug-likeness (QED) is 0.571. The van der Waals surface area contributed by atoms with Crippen LogP contribution in [0.1, 0.15) is 46.4 Å². The molecule has 1 heterocycles. The summed E-state index contributed by atoms with van der Waals surface area (Å²) >= 11 is 0. The maximum atomic E-state index is 12.0. The van der Waals surface area contributed by atoms with Gasteiger partial charge in [-0.15, -0.1) is 0 Å². The molecule has 0 spiro atoms. The minimum absolute atomic E-state index is 0.140. The van der Waals surface area contributed by atoms with Crippen LogP contribution in [0, 0.1) is 0 Å². The van der Waals surface area contributed by atoms with Crippen molar-refractivity contribution in [2.24, 2.45) is 0 Å². The zero-order chi connectivity index (χ0) is 20.2. The van der Waals surface area contributed by atoms with Crippen LogP contribution in [0.5, 0.6) is 0 Å². The molecule has 0 aliphatic heterocycles. The minimum Gasteiger partial charge on any atom is -0.462 e. The van der Waals surface area contributed by atoms with Crippen LogP contribution < -0.4 is 0 Å².